The van der Waals surface area contributed by atoms with Gasteiger partial charge in [-0.15, -0.1) is 0 Å². The molecule has 0 bridgehead atoms. The predicted molar refractivity (Wildman–Crippen MR) is 70.0 cm³/mol. The van der Waals surface area contributed by atoms with Crippen molar-refractivity contribution in [2.75, 3.05) is 17.7 Å². The number of pyridine rings is 2. The molecule has 0 saturated carbocycles. The Balaban J connectivity index is 2.26. The summed E-state index contributed by atoms with van der Waals surface area (Å²) in [4.78, 5) is 9.41. The molecule has 0 radical (unpaired) electrons. The van der Waals surface area contributed by atoms with Crippen molar-refractivity contribution in [3.05, 3.63) is 47.8 Å². The van der Waals surface area contributed by atoms with E-state index >= 15 is 0 Å². The molecule has 7 heteroatoms. The maximum absolute atomic E-state index is 12.7. The number of aromatic nitrogens is 2. The molecule has 0 spiro atoms. The molecule has 2 aromatic rings. The van der Waals surface area contributed by atoms with Gasteiger partial charge in [0.2, 0.25) is 0 Å². The van der Waals surface area contributed by atoms with Crippen LogP contribution in [0, 0.1) is 0 Å². The Labute approximate surface area is 114 Å². The highest BCUT2D eigenvalue weighted by Gasteiger charge is 2.31. The molecule has 2 rings (SSSR count). The Bertz CT molecular complexity index is 584. The van der Waals surface area contributed by atoms with Gasteiger partial charge in [-0.25, -0.2) is 4.98 Å². The van der Waals surface area contributed by atoms with Crippen molar-refractivity contribution < 1.29 is 13.2 Å². The summed E-state index contributed by atoms with van der Waals surface area (Å²) in [6, 6.07) is 5.38. The fraction of sp³-hybridized carbons (Fsp3) is 0.231. The van der Waals surface area contributed by atoms with E-state index in [1.165, 1.54) is 0 Å². The second-order valence-electron chi connectivity index (χ2n) is 4.35. The third kappa shape index (κ3) is 3.37. The summed E-state index contributed by atoms with van der Waals surface area (Å²) in [7, 11) is 1.66. The Hall–Kier alpha value is -2.31. The normalized spacial score (nSPS) is 11.4. The molecular weight excluding hydrogens is 269 g/mol. The molecule has 2 aromatic heterocycles. The number of nitrogen functional groups attached to an aromatic ring is 1. The van der Waals surface area contributed by atoms with E-state index in [0.717, 1.165) is 17.7 Å². The molecule has 20 heavy (non-hydrogen) atoms. The fourth-order valence-corrected chi connectivity index (χ4v) is 1.74. The smallest absolute Gasteiger partial charge is 0.384 e. The van der Waals surface area contributed by atoms with Crippen LogP contribution in [0.2, 0.25) is 0 Å². The summed E-state index contributed by atoms with van der Waals surface area (Å²) in [6.07, 6.45) is -1.20. The average molecular weight is 282 g/mol. The lowest BCUT2D eigenvalue weighted by molar-refractivity contribution is -0.137. The Morgan fingerprint density at radius 3 is 2.45 bits per heavy atom. The second kappa shape index (κ2) is 5.36. The van der Waals surface area contributed by atoms with Crippen molar-refractivity contribution in [1.82, 2.24) is 9.97 Å². The number of alkyl halides is 3. The second-order valence-corrected chi connectivity index (χ2v) is 4.35. The zero-order chi connectivity index (χ0) is 14.8. The molecule has 0 aliphatic heterocycles. The number of hydrogen-bond donors (Lipinski definition) is 1. The molecule has 0 atom stereocenters. The van der Waals surface area contributed by atoms with Crippen LogP contribution in [0.4, 0.5) is 24.8 Å². The van der Waals surface area contributed by atoms with E-state index in [-0.39, 0.29) is 11.6 Å². The van der Waals surface area contributed by atoms with Gasteiger partial charge >= 0.3 is 6.18 Å². The molecule has 0 aliphatic rings. The number of hydrogen-bond acceptors (Lipinski definition) is 4. The van der Waals surface area contributed by atoms with Crippen molar-refractivity contribution in [3.63, 3.8) is 0 Å². The molecule has 106 valence electrons. The first-order valence-corrected chi connectivity index (χ1v) is 5.81. The van der Waals surface area contributed by atoms with Gasteiger partial charge in [0.1, 0.15) is 11.6 Å². The maximum Gasteiger partial charge on any atom is 0.416 e. The summed E-state index contributed by atoms with van der Waals surface area (Å²) in [5.74, 6) is 0.0190. The van der Waals surface area contributed by atoms with Gasteiger partial charge in [0, 0.05) is 26.0 Å². The summed E-state index contributed by atoms with van der Waals surface area (Å²) in [5, 5.41) is 0. The molecule has 0 amide bonds. The van der Waals surface area contributed by atoms with Crippen molar-refractivity contribution in [2.24, 2.45) is 0 Å². The third-order valence-electron chi connectivity index (χ3n) is 2.72. The molecule has 0 saturated heterocycles. The monoisotopic (exact) mass is 282 g/mol. The van der Waals surface area contributed by atoms with Gasteiger partial charge in [-0.3, -0.25) is 4.98 Å². The highest BCUT2D eigenvalue weighted by Crippen LogP contribution is 2.32. The van der Waals surface area contributed by atoms with Crippen LogP contribution in [0.15, 0.2) is 36.7 Å². The summed E-state index contributed by atoms with van der Waals surface area (Å²) >= 11 is 0. The van der Waals surface area contributed by atoms with Crippen molar-refractivity contribution in [2.45, 2.75) is 12.7 Å². The van der Waals surface area contributed by atoms with Crippen LogP contribution < -0.4 is 10.6 Å². The van der Waals surface area contributed by atoms with Crippen LogP contribution in [-0.4, -0.2) is 17.0 Å². The lowest BCUT2D eigenvalue weighted by Crippen LogP contribution is -2.19. The molecule has 2 heterocycles. The van der Waals surface area contributed by atoms with E-state index in [0.29, 0.717) is 6.54 Å². The zero-order valence-corrected chi connectivity index (χ0v) is 10.7. The molecule has 0 aromatic carbocycles. The maximum atomic E-state index is 12.7. The lowest BCUT2D eigenvalue weighted by atomic mass is 10.2. The minimum absolute atomic E-state index is 0.156. The van der Waals surface area contributed by atoms with E-state index in [9.17, 15) is 13.2 Å². The first-order valence-electron chi connectivity index (χ1n) is 5.81. The van der Waals surface area contributed by atoms with Gasteiger partial charge in [0.25, 0.3) is 0 Å². The van der Waals surface area contributed by atoms with E-state index in [2.05, 4.69) is 9.97 Å². The zero-order valence-electron chi connectivity index (χ0n) is 10.7. The van der Waals surface area contributed by atoms with Crippen LogP contribution in [0.25, 0.3) is 0 Å². The third-order valence-corrected chi connectivity index (χ3v) is 2.72. The van der Waals surface area contributed by atoms with Gasteiger partial charge in [-0.05, 0) is 29.8 Å². The van der Waals surface area contributed by atoms with Crippen LogP contribution >= 0.6 is 0 Å². The topological polar surface area (TPSA) is 55.0 Å². The highest BCUT2D eigenvalue weighted by atomic mass is 19.4. The predicted octanol–water partition coefficient (Wildman–Crippen LogP) is 2.71. The standard InChI is InChI=1S/C13H13F3N4/c1-20(8-9-2-4-18-5-3-9)12-7-10(13(14,15)16)6-11(17)19-12/h2-7H,8H2,1H3,(H2,17,19). The largest absolute Gasteiger partial charge is 0.416 e. The Kier molecular flexibility index (Phi) is 3.78. The number of rotatable bonds is 3. The van der Waals surface area contributed by atoms with Crippen molar-refractivity contribution >= 4 is 11.6 Å². The minimum Gasteiger partial charge on any atom is -0.384 e. The average Bonchev–Trinajstić information content (AvgIpc) is 2.38. The van der Waals surface area contributed by atoms with Crippen molar-refractivity contribution in [3.8, 4) is 0 Å². The number of halogens is 3. The number of nitrogens with two attached hydrogens (primary N) is 1. The van der Waals surface area contributed by atoms with Gasteiger partial charge in [-0.1, -0.05) is 0 Å². The molecular formula is C13H13F3N4. The van der Waals surface area contributed by atoms with Crippen LogP contribution in [0.3, 0.4) is 0 Å². The summed E-state index contributed by atoms with van der Waals surface area (Å²) < 4.78 is 38.2. The van der Waals surface area contributed by atoms with Gasteiger partial charge < -0.3 is 10.6 Å². The quantitative estimate of drug-likeness (QED) is 0.940. The van der Waals surface area contributed by atoms with E-state index in [1.807, 2.05) is 0 Å². The molecule has 0 aliphatic carbocycles. The highest BCUT2D eigenvalue weighted by molar-refractivity contribution is 5.49. The van der Waals surface area contributed by atoms with Gasteiger partial charge in [-0.2, -0.15) is 13.2 Å². The van der Waals surface area contributed by atoms with Crippen molar-refractivity contribution in [1.29, 1.82) is 0 Å². The van der Waals surface area contributed by atoms with E-state index in [1.54, 1.807) is 36.5 Å². The molecule has 4 nitrogen and oxygen atoms in total. The lowest BCUT2D eigenvalue weighted by Gasteiger charge is -2.20. The van der Waals surface area contributed by atoms with Gasteiger partial charge in [0.05, 0.1) is 5.56 Å². The van der Waals surface area contributed by atoms with Crippen LogP contribution in [0.5, 0.6) is 0 Å². The summed E-state index contributed by atoms with van der Waals surface area (Å²) in [5.41, 5.74) is 5.55. The van der Waals surface area contributed by atoms with E-state index in [4.69, 9.17) is 5.73 Å². The Morgan fingerprint density at radius 2 is 1.85 bits per heavy atom. The number of nitrogens with zero attached hydrogens (tertiary/aromatic N) is 3. The molecule has 2 N–H and O–H groups in total. The van der Waals surface area contributed by atoms with Crippen LogP contribution in [-0.2, 0) is 12.7 Å². The number of anilines is 2. The molecule has 0 unspecified atom stereocenters. The summed E-state index contributed by atoms with van der Waals surface area (Å²) in [6.45, 7) is 0.413. The Morgan fingerprint density at radius 1 is 1.20 bits per heavy atom. The fourth-order valence-electron chi connectivity index (χ4n) is 1.74. The van der Waals surface area contributed by atoms with Crippen LogP contribution in [0.1, 0.15) is 11.1 Å². The van der Waals surface area contributed by atoms with Gasteiger partial charge in [0.15, 0.2) is 0 Å². The first kappa shape index (κ1) is 14.1. The minimum atomic E-state index is -4.44. The molecule has 0 fully saturated rings. The van der Waals surface area contributed by atoms with E-state index < -0.39 is 11.7 Å². The SMILES string of the molecule is CN(Cc1ccncc1)c1cc(C(F)(F)F)cc(N)n1. The first-order chi connectivity index (χ1) is 9.36.